The highest BCUT2D eigenvalue weighted by Crippen LogP contribution is 2.41. The summed E-state index contributed by atoms with van der Waals surface area (Å²) in [6.07, 6.45) is 8.50. The van der Waals surface area contributed by atoms with E-state index in [1.807, 2.05) is 19.4 Å². The van der Waals surface area contributed by atoms with Crippen molar-refractivity contribution < 1.29 is 4.21 Å². The summed E-state index contributed by atoms with van der Waals surface area (Å²) < 4.78 is 12.0. The smallest absolute Gasteiger partial charge is 0.0559 e. The van der Waals surface area contributed by atoms with Crippen LogP contribution in [0.15, 0.2) is 18.5 Å². The van der Waals surface area contributed by atoms with Crippen LogP contribution in [0.4, 0.5) is 5.69 Å². The third kappa shape index (κ3) is 3.04. The molecule has 1 aliphatic rings. The van der Waals surface area contributed by atoms with Crippen LogP contribution in [0.25, 0.3) is 0 Å². The zero-order valence-corrected chi connectivity index (χ0v) is 13.3. The molecule has 4 nitrogen and oxygen atoms in total. The van der Waals surface area contributed by atoms with Crippen LogP contribution in [0, 0.1) is 5.92 Å². The van der Waals surface area contributed by atoms with Crippen molar-refractivity contribution in [3.63, 3.8) is 0 Å². The molecule has 5 heteroatoms. The average Bonchev–Trinajstić information content (AvgIpc) is 2.45. The lowest BCUT2D eigenvalue weighted by atomic mass is 9.74. The molecule has 1 aromatic rings. The second kappa shape index (κ2) is 6.68. The lowest BCUT2D eigenvalue weighted by molar-refractivity contribution is 0.290. The van der Waals surface area contributed by atoms with Gasteiger partial charge < -0.3 is 11.1 Å². The van der Waals surface area contributed by atoms with Crippen LogP contribution in [-0.4, -0.2) is 33.8 Å². The Labute approximate surface area is 124 Å². The van der Waals surface area contributed by atoms with Crippen LogP contribution in [0.3, 0.4) is 0 Å². The maximum absolute atomic E-state index is 12.0. The molecule has 1 aromatic heterocycles. The molecule has 0 spiro atoms. The second-order valence-electron chi connectivity index (χ2n) is 5.68. The topological polar surface area (TPSA) is 68.0 Å². The number of pyridine rings is 1. The molecule has 1 heterocycles. The van der Waals surface area contributed by atoms with Crippen molar-refractivity contribution in [3.8, 4) is 0 Å². The highest BCUT2D eigenvalue weighted by Gasteiger charge is 2.38. The Kier molecular flexibility index (Phi) is 5.16. The summed E-state index contributed by atoms with van der Waals surface area (Å²) in [5.74, 6) is 0.868. The zero-order valence-electron chi connectivity index (χ0n) is 12.5. The van der Waals surface area contributed by atoms with Crippen molar-refractivity contribution in [3.05, 3.63) is 24.0 Å². The van der Waals surface area contributed by atoms with Crippen molar-refractivity contribution >= 4 is 16.5 Å². The molecule has 3 N–H and O–H groups in total. The molecule has 1 aliphatic carbocycles. The van der Waals surface area contributed by atoms with Gasteiger partial charge in [-0.15, -0.1) is 0 Å². The van der Waals surface area contributed by atoms with E-state index in [9.17, 15) is 4.21 Å². The molecular formula is C15H25N3OS. The van der Waals surface area contributed by atoms with Crippen LogP contribution < -0.4 is 11.1 Å². The first-order chi connectivity index (χ1) is 9.58. The van der Waals surface area contributed by atoms with Crippen LogP contribution in [0.5, 0.6) is 0 Å². The van der Waals surface area contributed by atoms with E-state index in [0.29, 0.717) is 11.8 Å². The van der Waals surface area contributed by atoms with Crippen LogP contribution in [0.2, 0.25) is 0 Å². The van der Waals surface area contributed by atoms with Crippen LogP contribution in [-0.2, 0) is 10.8 Å². The fraction of sp³-hybridized carbons (Fsp3) is 0.667. The summed E-state index contributed by atoms with van der Waals surface area (Å²) in [7, 11) is 1.08. The van der Waals surface area contributed by atoms with Gasteiger partial charge >= 0.3 is 0 Å². The number of nitrogens with two attached hydrogens (primary N) is 1. The van der Waals surface area contributed by atoms with Crippen molar-refractivity contribution in [2.24, 2.45) is 11.7 Å². The summed E-state index contributed by atoms with van der Waals surface area (Å²) in [5, 5.41) is 3.35. The molecule has 0 radical (unpaired) electrons. The molecule has 0 saturated heterocycles. The second-order valence-corrected chi connectivity index (χ2v) is 7.22. The monoisotopic (exact) mass is 295 g/mol. The number of aromatic nitrogens is 1. The first kappa shape index (κ1) is 15.4. The van der Waals surface area contributed by atoms with Gasteiger partial charge in [0.2, 0.25) is 0 Å². The Hall–Kier alpha value is -0.940. The predicted octanol–water partition coefficient (Wildman–Crippen LogP) is 2.10. The lowest BCUT2D eigenvalue weighted by Gasteiger charge is -2.39. The summed E-state index contributed by atoms with van der Waals surface area (Å²) in [6.45, 7) is 2.17. The van der Waals surface area contributed by atoms with Gasteiger partial charge in [-0.25, -0.2) is 0 Å². The van der Waals surface area contributed by atoms with Gasteiger partial charge in [0.05, 0.1) is 17.1 Å². The van der Waals surface area contributed by atoms with Crippen molar-refractivity contribution in [2.45, 2.75) is 43.4 Å². The van der Waals surface area contributed by atoms with Gasteiger partial charge in [0, 0.05) is 36.3 Å². The fourth-order valence-corrected chi connectivity index (χ4v) is 5.00. The van der Waals surface area contributed by atoms with Gasteiger partial charge in [0.15, 0.2) is 0 Å². The molecule has 0 aliphatic heterocycles. The number of nitrogens with zero attached hydrogens (tertiary/aromatic N) is 1. The maximum atomic E-state index is 12.0. The Balaban J connectivity index is 2.26. The van der Waals surface area contributed by atoms with Crippen molar-refractivity contribution in [1.29, 1.82) is 0 Å². The Morgan fingerprint density at radius 3 is 2.85 bits per heavy atom. The van der Waals surface area contributed by atoms with E-state index in [1.165, 1.54) is 5.56 Å². The van der Waals surface area contributed by atoms with Gasteiger partial charge in [-0.05, 0) is 36.3 Å². The number of hydrogen-bond acceptors (Lipinski definition) is 4. The molecule has 1 saturated carbocycles. The van der Waals surface area contributed by atoms with E-state index in [0.717, 1.165) is 24.9 Å². The van der Waals surface area contributed by atoms with E-state index in [2.05, 4.69) is 23.3 Å². The molecule has 0 amide bonds. The van der Waals surface area contributed by atoms with Gasteiger partial charge in [-0.1, -0.05) is 13.3 Å². The predicted molar refractivity (Wildman–Crippen MR) is 85.4 cm³/mol. The summed E-state index contributed by atoms with van der Waals surface area (Å²) in [5.41, 5.74) is 8.70. The average molecular weight is 295 g/mol. The molecule has 5 atom stereocenters. The summed E-state index contributed by atoms with van der Waals surface area (Å²) >= 11 is 0. The molecule has 1 fully saturated rings. The first-order valence-electron chi connectivity index (χ1n) is 7.27. The molecule has 0 aromatic carbocycles. The lowest BCUT2D eigenvalue weighted by Crippen LogP contribution is -2.47. The minimum Gasteiger partial charge on any atom is -0.387 e. The quantitative estimate of drug-likeness (QED) is 0.892. The fourth-order valence-electron chi connectivity index (χ4n) is 3.55. The summed E-state index contributed by atoms with van der Waals surface area (Å²) in [4.78, 5) is 4.17. The third-order valence-electron chi connectivity index (χ3n) is 4.50. The van der Waals surface area contributed by atoms with Gasteiger partial charge in [-0.3, -0.25) is 9.19 Å². The molecular weight excluding hydrogens is 270 g/mol. The molecule has 112 valence electrons. The molecule has 0 bridgehead atoms. The maximum Gasteiger partial charge on any atom is 0.0559 e. The van der Waals surface area contributed by atoms with Crippen LogP contribution >= 0.6 is 0 Å². The van der Waals surface area contributed by atoms with Gasteiger partial charge in [-0.2, -0.15) is 0 Å². The normalized spacial score (nSPS) is 31.8. The van der Waals surface area contributed by atoms with E-state index < -0.39 is 10.8 Å². The van der Waals surface area contributed by atoms with E-state index in [1.54, 1.807) is 6.26 Å². The molecule has 2 rings (SSSR count). The van der Waals surface area contributed by atoms with Crippen molar-refractivity contribution in [2.75, 3.05) is 18.6 Å². The molecule has 4 unspecified atom stereocenters. The minimum atomic E-state index is -0.843. The first-order valence-corrected chi connectivity index (χ1v) is 8.90. The van der Waals surface area contributed by atoms with Crippen molar-refractivity contribution in [1.82, 2.24) is 4.98 Å². The van der Waals surface area contributed by atoms with E-state index in [4.69, 9.17) is 5.73 Å². The van der Waals surface area contributed by atoms with E-state index >= 15 is 0 Å². The standard InChI is InChI=1S/C15H25N3OS/c1-4-10-7-11(8-13(16)15(10)20(3)19)12-5-6-18-9-14(12)17-2/h5-6,9-11,13,15,17H,4,7-8,16H2,1-3H3/t10?,11?,13?,15-,20?/m0/s1. The highest BCUT2D eigenvalue weighted by atomic mass is 32.2. The number of rotatable bonds is 4. The number of nitrogens with one attached hydrogen (secondary N) is 1. The van der Waals surface area contributed by atoms with E-state index in [-0.39, 0.29) is 11.3 Å². The Morgan fingerprint density at radius 2 is 2.25 bits per heavy atom. The molecule has 20 heavy (non-hydrogen) atoms. The Bertz CT molecular complexity index is 480. The highest BCUT2D eigenvalue weighted by molar-refractivity contribution is 7.85. The minimum absolute atomic E-state index is 0.0161. The van der Waals surface area contributed by atoms with Crippen LogP contribution in [0.1, 0.15) is 37.7 Å². The van der Waals surface area contributed by atoms with Gasteiger partial charge in [0.25, 0.3) is 0 Å². The largest absolute Gasteiger partial charge is 0.387 e. The summed E-state index contributed by atoms with van der Waals surface area (Å²) in [6, 6.07) is 2.10. The zero-order chi connectivity index (χ0) is 14.7. The third-order valence-corrected chi connectivity index (χ3v) is 6.00. The Morgan fingerprint density at radius 1 is 1.50 bits per heavy atom. The number of anilines is 1. The SMILES string of the molecule is CCC1CC(c2ccncc2NC)CC(N)[C@H]1S(C)=O. The number of hydrogen-bond donors (Lipinski definition) is 2. The van der Waals surface area contributed by atoms with Gasteiger partial charge in [0.1, 0.15) is 0 Å².